The molecule has 1 aliphatic carbocycles. The van der Waals surface area contributed by atoms with Gasteiger partial charge in [0.1, 0.15) is 5.75 Å². The van der Waals surface area contributed by atoms with Crippen LogP contribution in [0.25, 0.3) is 0 Å². The van der Waals surface area contributed by atoms with E-state index < -0.39 is 12.3 Å². The van der Waals surface area contributed by atoms with Crippen molar-refractivity contribution in [1.29, 1.82) is 0 Å². The van der Waals surface area contributed by atoms with Gasteiger partial charge >= 0.3 is 12.2 Å². The summed E-state index contributed by atoms with van der Waals surface area (Å²) in [5, 5.41) is 6.08. The number of hydrogen-bond donors (Lipinski definition) is 2. The third-order valence-electron chi connectivity index (χ3n) is 4.67. The number of carbonyl (C=O) groups is 1. The molecule has 3 unspecified atom stereocenters. The highest BCUT2D eigenvalue weighted by Gasteiger charge is 2.41. The second-order valence-electron chi connectivity index (χ2n) is 6.29. The Balaban J connectivity index is 1.84. The third-order valence-corrected chi connectivity index (χ3v) is 5.00. The van der Waals surface area contributed by atoms with Crippen LogP contribution in [0.15, 0.2) is 18.2 Å². The molecule has 0 bridgehead atoms. The second kappa shape index (κ2) is 6.35. The maximum absolute atomic E-state index is 12.8. The van der Waals surface area contributed by atoms with Crippen LogP contribution in [-0.4, -0.2) is 30.4 Å². The summed E-state index contributed by atoms with van der Waals surface area (Å²) in [6, 6.07) is 4.57. The second-order valence-corrected chi connectivity index (χ2v) is 6.70. The van der Waals surface area contributed by atoms with E-state index in [9.17, 15) is 18.0 Å². The van der Waals surface area contributed by atoms with E-state index in [4.69, 9.17) is 16.3 Å². The van der Waals surface area contributed by atoms with E-state index in [1.807, 2.05) is 0 Å². The van der Waals surface area contributed by atoms with Gasteiger partial charge in [0.15, 0.2) is 6.10 Å². The Morgan fingerprint density at radius 2 is 1.96 bits per heavy atom. The van der Waals surface area contributed by atoms with E-state index >= 15 is 0 Å². The molecule has 2 fully saturated rings. The molecule has 2 N–H and O–H groups in total. The summed E-state index contributed by atoms with van der Waals surface area (Å²) in [7, 11) is 0. The van der Waals surface area contributed by atoms with Crippen LogP contribution in [-0.2, 0) is 0 Å². The standard InChI is InChI=1S/C16H18ClF3N2O2/c1-8(16(18,19)20)24-13-4-2-3-10(17)14(13)9-5-6-11-12(7-9)22-15(23)21-11/h2-4,8-9,11-12H,5-7H2,1H3,(H2,21,22,23)/t8-,9?,11?,12?/m1/s1. The minimum Gasteiger partial charge on any atom is -0.481 e. The number of nitrogens with one attached hydrogen (secondary N) is 2. The number of fused-ring (bicyclic) bond motifs is 1. The summed E-state index contributed by atoms with van der Waals surface area (Å²) >= 11 is 6.27. The molecule has 1 heterocycles. The Bertz CT molecular complexity index is 638. The average molecular weight is 363 g/mol. The Hall–Kier alpha value is -1.63. The maximum atomic E-state index is 12.8. The lowest BCUT2D eigenvalue weighted by atomic mass is 9.79. The first-order chi connectivity index (χ1) is 11.3. The lowest BCUT2D eigenvalue weighted by molar-refractivity contribution is -0.189. The molecule has 4 nitrogen and oxygen atoms in total. The van der Waals surface area contributed by atoms with Gasteiger partial charge in [-0.1, -0.05) is 17.7 Å². The number of benzene rings is 1. The predicted molar refractivity (Wildman–Crippen MR) is 83.4 cm³/mol. The van der Waals surface area contributed by atoms with E-state index in [0.717, 1.165) is 19.8 Å². The van der Waals surface area contributed by atoms with Crippen LogP contribution < -0.4 is 15.4 Å². The number of carbonyl (C=O) groups excluding carboxylic acids is 1. The Kier molecular flexibility index (Phi) is 4.55. The van der Waals surface area contributed by atoms with Gasteiger partial charge in [-0.05, 0) is 44.2 Å². The van der Waals surface area contributed by atoms with Gasteiger partial charge in [-0.15, -0.1) is 0 Å². The Morgan fingerprint density at radius 3 is 2.67 bits per heavy atom. The highest BCUT2D eigenvalue weighted by molar-refractivity contribution is 6.31. The summed E-state index contributed by atoms with van der Waals surface area (Å²) in [5.74, 6) is 0.101. The van der Waals surface area contributed by atoms with Crippen molar-refractivity contribution in [3.8, 4) is 5.75 Å². The molecule has 1 aromatic rings. The molecule has 8 heteroatoms. The van der Waals surface area contributed by atoms with Gasteiger partial charge in [0.25, 0.3) is 0 Å². The minimum absolute atomic E-state index is 0.0413. The van der Waals surface area contributed by atoms with E-state index in [2.05, 4.69) is 10.6 Å². The van der Waals surface area contributed by atoms with E-state index in [1.165, 1.54) is 6.07 Å². The number of urea groups is 1. The van der Waals surface area contributed by atoms with Gasteiger partial charge < -0.3 is 15.4 Å². The van der Waals surface area contributed by atoms with Gasteiger partial charge in [-0.3, -0.25) is 0 Å². The predicted octanol–water partition coefficient (Wildman–Crippen LogP) is 3.99. The fraction of sp³-hybridized carbons (Fsp3) is 0.562. The van der Waals surface area contributed by atoms with Crippen LogP contribution in [0.2, 0.25) is 5.02 Å². The average Bonchev–Trinajstić information content (AvgIpc) is 2.85. The minimum atomic E-state index is -4.44. The van der Waals surface area contributed by atoms with Crippen LogP contribution in [0.1, 0.15) is 37.7 Å². The lowest BCUT2D eigenvalue weighted by Crippen LogP contribution is -2.39. The molecule has 1 aliphatic heterocycles. The normalized spacial score (nSPS) is 27.9. The maximum Gasteiger partial charge on any atom is 0.425 e. The smallest absolute Gasteiger partial charge is 0.425 e. The van der Waals surface area contributed by atoms with Gasteiger partial charge in [-0.2, -0.15) is 13.2 Å². The third kappa shape index (κ3) is 3.41. The van der Waals surface area contributed by atoms with E-state index in [0.29, 0.717) is 17.0 Å². The van der Waals surface area contributed by atoms with Crippen molar-refractivity contribution < 1.29 is 22.7 Å². The van der Waals surface area contributed by atoms with E-state index in [1.54, 1.807) is 12.1 Å². The summed E-state index contributed by atoms with van der Waals surface area (Å²) in [4.78, 5) is 11.4. The number of ether oxygens (including phenoxy) is 1. The lowest BCUT2D eigenvalue weighted by Gasteiger charge is -2.32. The van der Waals surface area contributed by atoms with Gasteiger partial charge in [0, 0.05) is 10.6 Å². The van der Waals surface area contributed by atoms with Crippen molar-refractivity contribution in [3.05, 3.63) is 28.8 Å². The van der Waals surface area contributed by atoms with Crippen LogP contribution >= 0.6 is 11.6 Å². The molecule has 132 valence electrons. The van der Waals surface area contributed by atoms with Crippen molar-refractivity contribution in [2.24, 2.45) is 0 Å². The molecule has 3 rings (SSSR count). The Morgan fingerprint density at radius 1 is 1.25 bits per heavy atom. The molecular weight excluding hydrogens is 345 g/mol. The first kappa shape index (κ1) is 17.2. The van der Waals surface area contributed by atoms with Crippen LogP contribution in [0.5, 0.6) is 5.75 Å². The van der Waals surface area contributed by atoms with Gasteiger partial charge in [0.2, 0.25) is 0 Å². The number of hydrogen-bond acceptors (Lipinski definition) is 2. The molecule has 0 spiro atoms. The molecule has 0 aromatic heterocycles. The highest BCUT2D eigenvalue weighted by atomic mass is 35.5. The highest BCUT2D eigenvalue weighted by Crippen LogP contribution is 2.43. The fourth-order valence-corrected chi connectivity index (χ4v) is 3.74. The van der Waals surface area contributed by atoms with Gasteiger partial charge in [-0.25, -0.2) is 4.79 Å². The Labute approximate surface area is 142 Å². The molecule has 1 aromatic carbocycles. The van der Waals surface area contributed by atoms with E-state index in [-0.39, 0.29) is 29.8 Å². The zero-order valence-corrected chi connectivity index (χ0v) is 13.7. The largest absolute Gasteiger partial charge is 0.481 e. The fourth-order valence-electron chi connectivity index (χ4n) is 3.42. The summed E-state index contributed by atoms with van der Waals surface area (Å²) in [6.45, 7) is 0.975. The van der Waals surface area contributed by atoms with Crippen LogP contribution in [0.4, 0.5) is 18.0 Å². The number of halogens is 4. The quantitative estimate of drug-likeness (QED) is 0.854. The van der Waals surface area contributed by atoms with Gasteiger partial charge in [0.05, 0.1) is 12.1 Å². The molecule has 4 atom stereocenters. The SMILES string of the molecule is C[C@@H](Oc1cccc(Cl)c1C1CCC2NC(=O)NC2C1)C(F)(F)F. The zero-order valence-electron chi connectivity index (χ0n) is 13.0. The monoisotopic (exact) mass is 362 g/mol. The topological polar surface area (TPSA) is 50.4 Å². The number of rotatable bonds is 3. The molecular formula is C16H18ClF3N2O2. The van der Waals surface area contributed by atoms with Crippen molar-refractivity contribution in [3.63, 3.8) is 0 Å². The molecule has 2 amide bonds. The van der Waals surface area contributed by atoms with Crippen LogP contribution in [0, 0.1) is 0 Å². The van der Waals surface area contributed by atoms with Crippen molar-refractivity contribution in [2.75, 3.05) is 0 Å². The molecule has 24 heavy (non-hydrogen) atoms. The van der Waals surface area contributed by atoms with Crippen molar-refractivity contribution in [2.45, 2.75) is 56.5 Å². The summed E-state index contributed by atoms with van der Waals surface area (Å²) < 4.78 is 43.6. The summed E-state index contributed by atoms with van der Waals surface area (Å²) in [5.41, 5.74) is 0.592. The summed E-state index contributed by atoms with van der Waals surface area (Å²) in [6.07, 6.45) is -4.28. The zero-order chi connectivity index (χ0) is 17.5. The number of amides is 2. The van der Waals surface area contributed by atoms with Crippen molar-refractivity contribution >= 4 is 17.6 Å². The molecule has 2 aliphatic rings. The molecule has 0 radical (unpaired) electrons. The first-order valence-corrected chi connectivity index (χ1v) is 8.22. The first-order valence-electron chi connectivity index (χ1n) is 7.84. The van der Waals surface area contributed by atoms with Crippen molar-refractivity contribution in [1.82, 2.24) is 10.6 Å². The molecule has 1 saturated heterocycles. The number of alkyl halides is 3. The van der Waals surface area contributed by atoms with Crippen LogP contribution in [0.3, 0.4) is 0 Å². The molecule has 1 saturated carbocycles.